The van der Waals surface area contributed by atoms with Crippen LogP contribution in [0.2, 0.25) is 0 Å². The molecule has 0 aromatic carbocycles. The van der Waals surface area contributed by atoms with E-state index in [9.17, 15) is 0 Å². The second-order valence-electron chi connectivity index (χ2n) is 5.18. The Morgan fingerprint density at radius 1 is 1.47 bits per heavy atom. The number of fused-ring (bicyclic) bond motifs is 1. The number of pyridine rings is 1. The molecular weight excluding hydrogens is 240 g/mol. The lowest BCUT2D eigenvalue weighted by molar-refractivity contribution is 0.226. The Bertz CT molecular complexity index is 571. The Morgan fingerprint density at radius 2 is 2.37 bits per heavy atom. The van der Waals surface area contributed by atoms with Crippen LogP contribution in [0.25, 0.3) is 5.65 Å². The molecule has 1 N–H and O–H groups in total. The van der Waals surface area contributed by atoms with Gasteiger partial charge in [0.1, 0.15) is 5.65 Å². The fourth-order valence-electron chi connectivity index (χ4n) is 2.69. The van der Waals surface area contributed by atoms with Crippen LogP contribution in [-0.2, 0) is 6.54 Å². The molecule has 0 bridgehead atoms. The highest BCUT2D eigenvalue weighted by atomic mass is 16.4. The van der Waals surface area contributed by atoms with Crippen molar-refractivity contribution in [3.05, 3.63) is 36.3 Å². The maximum Gasteiger partial charge on any atom is 0.137 e. The van der Waals surface area contributed by atoms with E-state index in [1.165, 1.54) is 0 Å². The Morgan fingerprint density at radius 3 is 3.11 bits per heavy atom. The Balaban J connectivity index is 1.72. The first-order valence-corrected chi connectivity index (χ1v) is 6.62. The van der Waals surface area contributed by atoms with E-state index in [1.807, 2.05) is 28.8 Å². The number of piperidine rings is 1. The van der Waals surface area contributed by atoms with Gasteiger partial charge >= 0.3 is 0 Å². The molecule has 5 nitrogen and oxygen atoms in total. The molecule has 2 aromatic rings. The first-order valence-electron chi connectivity index (χ1n) is 6.62. The molecule has 2 aromatic heterocycles. The molecule has 0 radical (unpaired) electrons. The Labute approximate surface area is 112 Å². The summed E-state index contributed by atoms with van der Waals surface area (Å²) in [6.07, 6.45) is 4.93. The largest absolute Gasteiger partial charge is 0.411 e. The van der Waals surface area contributed by atoms with Crippen molar-refractivity contribution in [3.8, 4) is 0 Å². The molecule has 100 valence electrons. The monoisotopic (exact) mass is 258 g/mol. The summed E-state index contributed by atoms with van der Waals surface area (Å²) in [5.74, 6) is 0.316. The van der Waals surface area contributed by atoms with Gasteiger partial charge in [-0.25, -0.2) is 4.98 Å². The number of imidazole rings is 1. The Hall–Kier alpha value is -1.88. The van der Waals surface area contributed by atoms with E-state index in [2.05, 4.69) is 28.2 Å². The van der Waals surface area contributed by atoms with Crippen LogP contribution in [0.1, 0.15) is 19.0 Å². The van der Waals surface area contributed by atoms with Crippen molar-refractivity contribution in [3.63, 3.8) is 0 Å². The second kappa shape index (κ2) is 5.01. The average Bonchev–Trinajstić information content (AvgIpc) is 2.81. The van der Waals surface area contributed by atoms with Crippen LogP contribution in [0.3, 0.4) is 0 Å². The second-order valence-corrected chi connectivity index (χ2v) is 5.18. The lowest BCUT2D eigenvalue weighted by Crippen LogP contribution is -2.39. The van der Waals surface area contributed by atoms with Crippen LogP contribution in [0.15, 0.2) is 35.7 Å². The molecule has 1 atom stereocenters. The maximum atomic E-state index is 8.89. The van der Waals surface area contributed by atoms with Crippen LogP contribution in [0, 0.1) is 5.92 Å². The number of aromatic nitrogens is 2. The minimum atomic E-state index is 0.316. The molecule has 3 rings (SSSR count). The van der Waals surface area contributed by atoms with Gasteiger partial charge in [0, 0.05) is 44.4 Å². The van der Waals surface area contributed by atoms with Crippen LogP contribution < -0.4 is 0 Å². The summed E-state index contributed by atoms with van der Waals surface area (Å²) < 4.78 is 2.04. The average molecular weight is 258 g/mol. The summed E-state index contributed by atoms with van der Waals surface area (Å²) in [7, 11) is 0. The van der Waals surface area contributed by atoms with E-state index in [0.717, 1.165) is 43.1 Å². The number of nitrogens with zero attached hydrogens (tertiary/aromatic N) is 4. The minimum Gasteiger partial charge on any atom is -0.411 e. The molecule has 0 amide bonds. The molecule has 0 saturated carbocycles. The normalized spacial score (nSPS) is 23.2. The SMILES string of the molecule is CC1CN(Cc2cn3ccccc3n2)CC/C1=N\O. The van der Waals surface area contributed by atoms with Crippen molar-refractivity contribution in [2.24, 2.45) is 11.1 Å². The quantitative estimate of drug-likeness (QED) is 0.662. The van der Waals surface area contributed by atoms with Crippen LogP contribution in [0.4, 0.5) is 0 Å². The molecule has 0 spiro atoms. The highest BCUT2D eigenvalue weighted by molar-refractivity contribution is 5.86. The summed E-state index contributed by atoms with van der Waals surface area (Å²) in [6, 6.07) is 6.02. The van der Waals surface area contributed by atoms with E-state index in [-0.39, 0.29) is 0 Å². The molecule has 3 heterocycles. The zero-order chi connectivity index (χ0) is 13.2. The van der Waals surface area contributed by atoms with Gasteiger partial charge in [-0.05, 0) is 12.1 Å². The lowest BCUT2D eigenvalue weighted by Gasteiger charge is -2.30. The topological polar surface area (TPSA) is 53.1 Å². The lowest BCUT2D eigenvalue weighted by atomic mass is 9.97. The number of likely N-dealkylation sites (tertiary alicyclic amines) is 1. The summed E-state index contributed by atoms with van der Waals surface area (Å²) >= 11 is 0. The fourth-order valence-corrected chi connectivity index (χ4v) is 2.69. The van der Waals surface area contributed by atoms with Gasteiger partial charge in [0.15, 0.2) is 0 Å². The first kappa shape index (κ1) is 12.2. The van der Waals surface area contributed by atoms with E-state index in [1.54, 1.807) is 0 Å². The highest BCUT2D eigenvalue weighted by Gasteiger charge is 2.22. The van der Waals surface area contributed by atoms with Crippen molar-refractivity contribution in [2.45, 2.75) is 19.9 Å². The minimum absolute atomic E-state index is 0.316. The van der Waals surface area contributed by atoms with E-state index in [0.29, 0.717) is 5.92 Å². The molecule has 1 aliphatic heterocycles. The first-order chi connectivity index (χ1) is 9.26. The molecule has 1 unspecified atom stereocenters. The maximum absolute atomic E-state index is 8.89. The predicted octanol–water partition coefficient (Wildman–Crippen LogP) is 2.01. The van der Waals surface area contributed by atoms with Gasteiger partial charge in [-0.15, -0.1) is 0 Å². The molecule has 19 heavy (non-hydrogen) atoms. The zero-order valence-corrected chi connectivity index (χ0v) is 11.0. The number of hydrogen-bond acceptors (Lipinski definition) is 4. The van der Waals surface area contributed by atoms with Crippen LogP contribution in [-0.4, -0.2) is 38.3 Å². The molecule has 1 fully saturated rings. The molecular formula is C14H18N4O. The third kappa shape index (κ3) is 2.46. The number of oxime groups is 1. The molecule has 0 aliphatic carbocycles. The molecule has 1 aliphatic rings. The van der Waals surface area contributed by atoms with Crippen LogP contribution >= 0.6 is 0 Å². The van der Waals surface area contributed by atoms with Gasteiger partial charge in [0.25, 0.3) is 0 Å². The van der Waals surface area contributed by atoms with Gasteiger partial charge in [-0.3, -0.25) is 4.90 Å². The number of rotatable bonds is 2. The summed E-state index contributed by atoms with van der Waals surface area (Å²) in [5, 5.41) is 12.3. The van der Waals surface area contributed by atoms with Gasteiger partial charge in [0.05, 0.1) is 11.4 Å². The van der Waals surface area contributed by atoms with Crippen molar-refractivity contribution >= 4 is 11.4 Å². The molecule has 1 saturated heterocycles. The van der Waals surface area contributed by atoms with E-state index < -0.39 is 0 Å². The standard InChI is InChI=1S/C14H18N4O/c1-11-8-17(7-5-13(11)16-19)9-12-10-18-6-3-2-4-14(18)15-12/h2-4,6,10-11,19H,5,7-9H2,1H3/b16-13+. The van der Waals surface area contributed by atoms with Gasteiger partial charge in [-0.2, -0.15) is 0 Å². The van der Waals surface area contributed by atoms with E-state index >= 15 is 0 Å². The van der Waals surface area contributed by atoms with Crippen LogP contribution in [0.5, 0.6) is 0 Å². The van der Waals surface area contributed by atoms with E-state index in [4.69, 9.17) is 5.21 Å². The number of hydrogen-bond donors (Lipinski definition) is 1. The van der Waals surface area contributed by atoms with Gasteiger partial charge in [-0.1, -0.05) is 18.1 Å². The highest BCUT2D eigenvalue weighted by Crippen LogP contribution is 2.16. The smallest absolute Gasteiger partial charge is 0.137 e. The summed E-state index contributed by atoms with van der Waals surface area (Å²) in [5.41, 5.74) is 2.98. The third-order valence-electron chi connectivity index (χ3n) is 3.71. The van der Waals surface area contributed by atoms with Crippen molar-refractivity contribution < 1.29 is 5.21 Å². The van der Waals surface area contributed by atoms with Crippen molar-refractivity contribution in [1.82, 2.24) is 14.3 Å². The van der Waals surface area contributed by atoms with Gasteiger partial charge in [0.2, 0.25) is 0 Å². The zero-order valence-electron chi connectivity index (χ0n) is 11.0. The predicted molar refractivity (Wildman–Crippen MR) is 73.5 cm³/mol. The summed E-state index contributed by atoms with van der Waals surface area (Å²) in [6.45, 7) is 4.81. The third-order valence-corrected chi connectivity index (χ3v) is 3.71. The Kier molecular flexibility index (Phi) is 3.21. The van der Waals surface area contributed by atoms with Gasteiger partial charge < -0.3 is 9.61 Å². The van der Waals surface area contributed by atoms with Crippen molar-refractivity contribution in [1.29, 1.82) is 0 Å². The summed E-state index contributed by atoms with van der Waals surface area (Å²) in [4.78, 5) is 6.97. The molecule has 5 heteroatoms. The fraction of sp³-hybridized carbons (Fsp3) is 0.429. The van der Waals surface area contributed by atoms with Crippen molar-refractivity contribution in [2.75, 3.05) is 13.1 Å².